The minimum atomic E-state index is -1.84. The highest BCUT2D eigenvalue weighted by Crippen LogP contribution is 2.26. The van der Waals surface area contributed by atoms with Crippen molar-refractivity contribution in [2.75, 3.05) is 12.3 Å². The fourth-order valence-electron chi connectivity index (χ4n) is 2.01. The van der Waals surface area contributed by atoms with E-state index in [1.54, 1.807) is 0 Å². The summed E-state index contributed by atoms with van der Waals surface area (Å²) in [7, 11) is 2.28. The van der Waals surface area contributed by atoms with Gasteiger partial charge in [0.15, 0.2) is 24.0 Å². The monoisotopic (exact) mass is 361 g/mol. The number of benzene rings is 1. The molecule has 0 spiro atoms. The van der Waals surface area contributed by atoms with E-state index in [2.05, 4.69) is 4.74 Å². The lowest BCUT2D eigenvalue weighted by molar-refractivity contribution is 0.0911. The highest BCUT2D eigenvalue weighted by Gasteiger charge is 2.24. The Morgan fingerprint density at radius 3 is 2.12 bits per heavy atom. The molecule has 0 bridgehead atoms. The molecular weight excluding hydrogens is 350 g/mol. The second-order valence-corrected chi connectivity index (χ2v) is 4.98. The van der Waals surface area contributed by atoms with Gasteiger partial charge in [-0.1, -0.05) is 0 Å². The van der Waals surface area contributed by atoms with Crippen molar-refractivity contribution in [2.45, 2.75) is 0 Å². The number of Topliss-reactive ketones (excluding diaryl/α,β-unsaturated/α-hetero) is 1. The van der Waals surface area contributed by atoms with E-state index in [1.807, 2.05) is 0 Å². The molecule has 0 fully saturated rings. The molecule has 0 aliphatic rings. The third-order valence-electron chi connectivity index (χ3n) is 3.41. The maximum atomic E-state index is 13.5. The summed E-state index contributed by atoms with van der Waals surface area (Å²) in [5.41, 5.74) is 3.01. The van der Waals surface area contributed by atoms with Gasteiger partial charge >= 0.3 is 5.69 Å². The van der Waals surface area contributed by atoms with Gasteiger partial charge in [0.2, 0.25) is 17.4 Å². The van der Waals surface area contributed by atoms with Gasteiger partial charge in [-0.2, -0.15) is 8.78 Å². The molecule has 134 valence electrons. The lowest BCUT2D eigenvalue weighted by Crippen LogP contribution is -2.42. The number of anilines is 1. The van der Waals surface area contributed by atoms with E-state index >= 15 is 0 Å². The number of hydrogen-bond acceptors (Lipinski definition) is 5. The number of carbonyl (C=O) groups excluding carboxylic acids is 1. The number of nitrogens with zero attached hydrogens (tertiary/aromatic N) is 2. The Bertz CT molecular complexity index is 971. The SMILES string of the molecule is Cn1c(N)c(C(=O)COc2c(F)c(F)cc(F)c2F)c(=O)n(C)c1=O. The predicted octanol–water partition coefficient (Wildman–Crippen LogP) is 0.484. The zero-order chi connectivity index (χ0) is 19.0. The first kappa shape index (κ1) is 18.2. The highest BCUT2D eigenvalue weighted by atomic mass is 19.2. The van der Waals surface area contributed by atoms with Gasteiger partial charge in [0.1, 0.15) is 11.4 Å². The summed E-state index contributed by atoms with van der Waals surface area (Å²) in [6.45, 7) is -1.14. The van der Waals surface area contributed by atoms with E-state index in [1.165, 1.54) is 7.05 Å². The summed E-state index contributed by atoms with van der Waals surface area (Å²) in [6.07, 6.45) is 0. The number of nitrogens with two attached hydrogens (primary N) is 1. The van der Waals surface area contributed by atoms with Crippen molar-refractivity contribution < 1.29 is 27.1 Å². The van der Waals surface area contributed by atoms with Gasteiger partial charge in [0.05, 0.1) is 0 Å². The zero-order valence-corrected chi connectivity index (χ0v) is 12.9. The summed E-state index contributed by atoms with van der Waals surface area (Å²) < 4.78 is 59.0. The van der Waals surface area contributed by atoms with E-state index in [0.29, 0.717) is 4.57 Å². The molecule has 0 unspecified atom stereocenters. The molecule has 0 amide bonds. The van der Waals surface area contributed by atoms with Crippen LogP contribution in [0.25, 0.3) is 0 Å². The number of hydrogen-bond donors (Lipinski definition) is 1. The molecule has 0 aliphatic heterocycles. The van der Waals surface area contributed by atoms with Crippen LogP contribution in [0.2, 0.25) is 0 Å². The summed E-state index contributed by atoms with van der Waals surface area (Å²) in [5.74, 6) is -10.2. The molecule has 11 heteroatoms. The zero-order valence-electron chi connectivity index (χ0n) is 12.9. The summed E-state index contributed by atoms with van der Waals surface area (Å²) in [6, 6.07) is -0.0277. The molecule has 1 aromatic carbocycles. The number of ketones is 1. The second-order valence-electron chi connectivity index (χ2n) is 4.98. The number of aromatic nitrogens is 2. The van der Waals surface area contributed by atoms with Crippen molar-refractivity contribution >= 4 is 11.6 Å². The standard InChI is InChI=1S/C14H11F4N3O4/c1-20-12(19)8(13(23)21(2)14(20)24)7(22)4-25-11-9(17)5(15)3-6(16)10(11)18/h3H,4,19H2,1-2H3. The maximum absolute atomic E-state index is 13.5. The highest BCUT2D eigenvalue weighted by molar-refractivity contribution is 6.00. The molecule has 2 N–H and O–H groups in total. The molecule has 0 saturated heterocycles. The molecule has 2 aromatic rings. The van der Waals surface area contributed by atoms with Crippen LogP contribution in [-0.4, -0.2) is 21.5 Å². The van der Waals surface area contributed by atoms with E-state index in [4.69, 9.17) is 5.73 Å². The first-order valence-electron chi connectivity index (χ1n) is 6.62. The topological polar surface area (TPSA) is 96.3 Å². The fraction of sp³-hybridized carbons (Fsp3) is 0.214. The molecule has 7 nitrogen and oxygen atoms in total. The molecule has 0 atom stereocenters. The lowest BCUT2D eigenvalue weighted by Gasteiger charge is -2.12. The van der Waals surface area contributed by atoms with Gasteiger partial charge in [-0.05, 0) is 0 Å². The van der Waals surface area contributed by atoms with Gasteiger partial charge in [0.25, 0.3) is 5.56 Å². The number of rotatable bonds is 4. The minimum Gasteiger partial charge on any atom is -0.479 e. The van der Waals surface area contributed by atoms with E-state index in [9.17, 15) is 31.9 Å². The van der Waals surface area contributed by atoms with Gasteiger partial charge in [-0.15, -0.1) is 0 Å². The molecular formula is C14H11F4N3O4. The predicted molar refractivity (Wildman–Crippen MR) is 77.4 cm³/mol. The first-order valence-corrected chi connectivity index (χ1v) is 6.62. The van der Waals surface area contributed by atoms with Crippen LogP contribution in [0.5, 0.6) is 5.75 Å². The van der Waals surface area contributed by atoms with Crippen molar-refractivity contribution in [1.82, 2.24) is 9.13 Å². The Morgan fingerprint density at radius 2 is 1.60 bits per heavy atom. The Hall–Kier alpha value is -3.11. The number of ether oxygens (including phenoxy) is 1. The van der Waals surface area contributed by atoms with Crippen LogP contribution in [0.3, 0.4) is 0 Å². The van der Waals surface area contributed by atoms with Gasteiger partial charge in [-0.3, -0.25) is 18.7 Å². The van der Waals surface area contributed by atoms with Crippen LogP contribution >= 0.6 is 0 Å². The van der Waals surface area contributed by atoms with E-state index in [-0.39, 0.29) is 6.07 Å². The van der Waals surface area contributed by atoms with E-state index in [0.717, 1.165) is 11.6 Å². The molecule has 0 aliphatic carbocycles. The maximum Gasteiger partial charge on any atom is 0.332 e. The van der Waals surface area contributed by atoms with Crippen molar-refractivity contribution in [2.24, 2.45) is 14.1 Å². The minimum absolute atomic E-state index is 0.0277. The van der Waals surface area contributed by atoms with Crippen LogP contribution in [0, 0.1) is 23.3 Å². The van der Waals surface area contributed by atoms with Gasteiger partial charge in [0, 0.05) is 20.2 Å². The normalized spacial score (nSPS) is 10.8. The average Bonchev–Trinajstić information content (AvgIpc) is 2.56. The Kier molecular flexibility index (Phi) is 4.68. The van der Waals surface area contributed by atoms with Crippen LogP contribution in [0.1, 0.15) is 10.4 Å². The van der Waals surface area contributed by atoms with Crippen LogP contribution in [0.4, 0.5) is 23.4 Å². The van der Waals surface area contributed by atoms with Crippen molar-refractivity contribution in [3.8, 4) is 5.75 Å². The van der Waals surface area contributed by atoms with Crippen LogP contribution in [-0.2, 0) is 14.1 Å². The molecule has 1 aromatic heterocycles. The summed E-state index contributed by atoms with van der Waals surface area (Å²) >= 11 is 0. The Balaban J connectivity index is 2.41. The number of halogens is 4. The number of nitrogen functional groups attached to an aromatic ring is 1. The Labute approximate surface area is 136 Å². The molecule has 25 heavy (non-hydrogen) atoms. The largest absolute Gasteiger partial charge is 0.479 e. The summed E-state index contributed by atoms with van der Waals surface area (Å²) in [4.78, 5) is 35.7. The smallest absolute Gasteiger partial charge is 0.332 e. The van der Waals surface area contributed by atoms with Crippen LogP contribution < -0.4 is 21.7 Å². The molecule has 1 heterocycles. The van der Waals surface area contributed by atoms with Crippen molar-refractivity contribution in [3.05, 3.63) is 55.7 Å². The fourth-order valence-corrected chi connectivity index (χ4v) is 2.01. The third-order valence-corrected chi connectivity index (χ3v) is 3.41. The van der Waals surface area contributed by atoms with Crippen LogP contribution in [0.15, 0.2) is 15.7 Å². The Morgan fingerprint density at radius 1 is 1.08 bits per heavy atom. The molecule has 2 rings (SSSR count). The average molecular weight is 361 g/mol. The molecule has 0 saturated carbocycles. The van der Waals surface area contributed by atoms with Gasteiger partial charge < -0.3 is 10.5 Å². The number of carbonyl (C=O) groups is 1. The molecule has 0 radical (unpaired) electrons. The van der Waals surface area contributed by atoms with Crippen molar-refractivity contribution in [3.63, 3.8) is 0 Å². The third kappa shape index (κ3) is 2.99. The summed E-state index contributed by atoms with van der Waals surface area (Å²) in [5, 5.41) is 0. The van der Waals surface area contributed by atoms with Crippen molar-refractivity contribution in [1.29, 1.82) is 0 Å². The van der Waals surface area contributed by atoms with E-state index < -0.39 is 64.0 Å². The van der Waals surface area contributed by atoms with Gasteiger partial charge in [-0.25, -0.2) is 13.6 Å². The lowest BCUT2D eigenvalue weighted by atomic mass is 10.2. The quantitative estimate of drug-likeness (QED) is 0.486. The first-order chi connectivity index (χ1) is 11.6. The second kappa shape index (κ2) is 6.42.